The number of para-hydroxylation sites is 1. The fourth-order valence-electron chi connectivity index (χ4n) is 3.39. The van der Waals surface area contributed by atoms with Crippen LogP contribution in [0.4, 0.5) is 4.39 Å². The number of aromatic nitrogens is 4. The summed E-state index contributed by atoms with van der Waals surface area (Å²) in [5.41, 5.74) is 0.0780. The molecule has 0 saturated heterocycles. The number of nitrogens with zero attached hydrogens (tertiary/aromatic N) is 4. The smallest absolute Gasteiger partial charge is 0.332 e. The van der Waals surface area contributed by atoms with Crippen LogP contribution in [0.25, 0.3) is 11.2 Å². The van der Waals surface area contributed by atoms with Crippen molar-refractivity contribution in [3.8, 4) is 11.8 Å². The number of ether oxygens (including phenoxy) is 1. The summed E-state index contributed by atoms with van der Waals surface area (Å²) in [5.74, 6) is -0.618. The number of aliphatic hydroxyl groups is 1. The van der Waals surface area contributed by atoms with Gasteiger partial charge in [-0.2, -0.15) is 4.98 Å². The molecule has 2 aromatic heterocycles. The predicted molar refractivity (Wildman–Crippen MR) is 113 cm³/mol. The van der Waals surface area contributed by atoms with E-state index < -0.39 is 17.1 Å². The summed E-state index contributed by atoms with van der Waals surface area (Å²) in [6.45, 7) is 0.144. The first-order chi connectivity index (χ1) is 15.0. The maximum absolute atomic E-state index is 14.2. The van der Waals surface area contributed by atoms with Gasteiger partial charge in [-0.25, -0.2) is 9.18 Å². The number of aryl methyl sites for hydroxylation is 1. The number of hydrogen-bond acceptors (Lipinski definition) is 5. The minimum absolute atomic E-state index is 0.00374. The molecule has 9 heteroatoms. The van der Waals surface area contributed by atoms with E-state index in [9.17, 15) is 14.0 Å². The average molecular weight is 424 g/mol. The summed E-state index contributed by atoms with van der Waals surface area (Å²) in [7, 11) is 1.51. The van der Waals surface area contributed by atoms with Gasteiger partial charge >= 0.3 is 11.7 Å². The molecule has 0 aliphatic heterocycles. The van der Waals surface area contributed by atoms with Gasteiger partial charge in [0, 0.05) is 20.2 Å². The molecule has 31 heavy (non-hydrogen) atoms. The van der Waals surface area contributed by atoms with E-state index in [-0.39, 0.29) is 49.0 Å². The van der Waals surface area contributed by atoms with E-state index in [0.29, 0.717) is 0 Å². The molecule has 0 aliphatic rings. The Labute approximate surface area is 176 Å². The van der Waals surface area contributed by atoms with Gasteiger partial charge in [0.1, 0.15) is 0 Å². The normalized spacial score (nSPS) is 11.2. The highest BCUT2D eigenvalue weighted by Crippen LogP contribution is 2.27. The molecule has 0 fully saturated rings. The van der Waals surface area contributed by atoms with E-state index in [4.69, 9.17) is 9.84 Å². The fraction of sp³-hybridized carbons (Fsp3) is 0.227. The third kappa shape index (κ3) is 3.87. The highest BCUT2D eigenvalue weighted by atomic mass is 19.1. The van der Waals surface area contributed by atoms with Gasteiger partial charge in [-0.15, -0.1) is 0 Å². The lowest BCUT2D eigenvalue weighted by Crippen LogP contribution is -2.39. The highest BCUT2D eigenvalue weighted by Gasteiger charge is 2.22. The van der Waals surface area contributed by atoms with Gasteiger partial charge in [-0.1, -0.05) is 42.5 Å². The Bertz CT molecular complexity index is 1340. The van der Waals surface area contributed by atoms with Crippen LogP contribution in [0.2, 0.25) is 0 Å². The van der Waals surface area contributed by atoms with Crippen LogP contribution < -0.4 is 16.0 Å². The third-order valence-corrected chi connectivity index (χ3v) is 4.96. The standard InChI is InChI=1S/C22H21FN4O4/c1-25-19-18(20(29)26(22(25)30)12-7-13-28)27(14-15-8-3-2-4-9-15)21(24-19)31-17-11-6-5-10-16(17)23/h2-6,8-11,28H,7,12-14H2,1H3. The summed E-state index contributed by atoms with van der Waals surface area (Å²) in [6.07, 6.45) is 0.256. The van der Waals surface area contributed by atoms with Gasteiger partial charge in [0.25, 0.3) is 5.56 Å². The Morgan fingerprint density at radius 2 is 1.74 bits per heavy atom. The molecule has 0 atom stereocenters. The molecule has 4 rings (SSSR count). The molecule has 0 amide bonds. The van der Waals surface area contributed by atoms with Crippen LogP contribution in [0.15, 0.2) is 64.2 Å². The number of halogens is 1. The number of fused-ring (bicyclic) bond motifs is 1. The third-order valence-electron chi connectivity index (χ3n) is 4.96. The van der Waals surface area contributed by atoms with Crippen LogP contribution in [-0.2, 0) is 20.1 Å². The topological polar surface area (TPSA) is 91.3 Å². The van der Waals surface area contributed by atoms with Crippen molar-refractivity contribution in [2.75, 3.05) is 6.61 Å². The first-order valence-electron chi connectivity index (χ1n) is 9.78. The van der Waals surface area contributed by atoms with Gasteiger partial charge in [-0.3, -0.25) is 18.5 Å². The maximum atomic E-state index is 14.2. The number of imidazole rings is 1. The molecular formula is C22H21FN4O4. The monoisotopic (exact) mass is 424 g/mol. The van der Waals surface area contributed by atoms with Gasteiger partial charge in [0.15, 0.2) is 22.7 Å². The van der Waals surface area contributed by atoms with Crippen molar-refractivity contribution in [2.45, 2.75) is 19.5 Å². The SMILES string of the molecule is Cn1c(=O)n(CCCO)c(=O)c2c1nc(Oc1ccccc1F)n2Cc1ccccc1. The molecule has 160 valence electrons. The number of benzene rings is 2. The molecule has 2 heterocycles. The van der Waals surface area contributed by atoms with Crippen molar-refractivity contribution in [3.05, 3.63) is 86.8 Å². The number of rotatable bonds is 7. The van der Waals surface area contributed by atoms with Crippen molar-refractivity contribution < 1.29 is 14.2 Å². The number of aliphatic hydroxyl groups excluding tert-OH is 1. The molecule has 0 unspecified atom stereocenters. The summed E-state index contributed by atoms with van der Waals surface area (Å²) in [4.78, 5) is 30.3. The van der Waals surface area contributed by atoms with Crippen molar-refractivity contribution in [1.82, 2.24) is 18.7 Å². The first-order valence-corrected chi connectivity index (χ1v) is 9.78. The molecule has 0 aliphatic carbocycles. The minimum atomic E-state index is -0.574. The van der Waals surface area contributed by atoms with E-state index in [1.54, 1.807) is 12.1 Å². The summed E-state index contributed by atoms with van der Waals surface area (Å²) in [5, 5.41) is 9.14. The second-order valence-corrected chi connectivity index (χ2v) is 7.05. The second kappa shape index (κ2) is 8.57. The van der Waals surface area contributed by atoms with Crippen LogP contribution in [-0.4, -0.2) is 30.4 Å². The number of hydrogen-bond donors (Lipinski definition) is 1. The zero-order valence-electron chi connectivity index (χ0n) is 16.9. The minimum Gasteiger partial charge on any atom is -0.422 e. The van der Waals surface area contributed by atoms with Gasteiger partial charge in [0.2, 0.25) is 0 Å². The van der Waals surface area contributed by atoms with E-state index in [1.807, 2.05) is 30.3 Å². The molecule has 0 radical (unpaired) electrons. The van der Waals surface area contributed by atoms with Crippen LogP contribution in [0.5, 0.6) is 11.8 Å². The lowest BCUT2D eigenvalue weighted by Gasteiger charge is -2.11. The summed E-state index contributed by atoms with van der Waals surface area (Å²) >= 11 is 0. The molecule has 2 aromatic carbocycles. The zero-order chi connectivity index (χ0) is 22.0. The Morgan fingerprint density at radius 3 is 2.45 bits per heavy atom. The quantitative estimate of drug-likeness (QED) is 0.491. The maximum Gasteiger partial charge on any atom is 0.332 e. The lowest BCUT2D eigenvalue weighted by atomic mass is 10.2. The summed E-state index contributed by atoms with van der Waals surface area (Å²) < 4.78 is 23.8. The molecule has 0 saturated carbocycles. The fourth-order valence-corrected chi connectivity index (χ4v) is 3.39. The highest BCUT2D eigenvalue weighted by molar-refractivity contribution is 5.72. The van der Waals surface area contributed by atoms with Gasteiger partial charge in [0.05, 0.1) is 6.54 Å². The summed E-state index contributed by atoms with van der Waals surface area (Å²) in [6, 6.07) is 15.2. The van der Waals surface area contributed by atoms with Gasteiger partial charge in [-0.05, 0) is 24.1 Å². The van der Waals surface area contributed by atoms with Crippen LogP contribution >= 0.6 is 0 Å². The average Bonchev–Trinajstić information content (AvgIpc) is 3.13. The van der Waals surface area contributed by atoms with Gasteiger partial charge < -0.3 is 9.84 Å². The Balaban J connectivity index is 1.95. The molecule has 0 bridgehead atoms. The van der Waals surface area contributed by atoms with E-state index in [0.717, 1.165) is 10.1 Å². The lowest BCUT2D eigenvalue weighted by molar-refractivity contribution is 0.277. The van der Waals surface area contributed by atoms with Crippen LogP contribution in [0.3, 0.4) is 0 Å². The van der Waals surface area contributed by atoms with Crippen molar-refractivity contribution in [3.63, 3.8) is 0 Å². The van der Waals surface area contributed by atoms with Crippen molar-refractivity contribution in [1.29, 1.82) is 0 Å². The van der Waals surface area contributed by atoms with Crippen molar-refractivity contribution in [2.24, 2.45) is 7.05 Å². The van der Waals surface area contributed by atoms with Crippen LogP contribution in [0, 0.1) is 5.82 Å². The second-order valence-electron chi connectivity index (χ2n) is 7.05. The molecule has 8 nitrogen and oxygen atoms in total. The predicted octanol–water partition coefficient (Wildman–Crippen LogP) is 2.26. The zero-order valence-corrected chi connectivity index (χ0v) is 16.9. The Kier molecular flexibility index (Phi) is 5.68. The molecule has 0 spiro atoms. The molecule has 1 N–H and O–H groups in total. The van der Waals surface area contributed by atoms with E-state index in [1.165, 1.54) is 28.3 Å². The van der Waals surface area contributed by atoms with E-state index >= 15 is 0 Å². The first kappa shape index (κ1) is 20.5. The largest absolute Gasteiger partial charge is 0.422 e. The Hall–Kier alpha value is -3.72. The van der Waals surface area contributed by atoms with Crippen molar-refractivity contribution >= 4 is 11.2 Å². The molecular weight excluding hydrogens is 403 g/mol. The van der Waals surface area contributed by atoms with Crippen LogP contribution in [0.1, 0.15) is 12.0 Å². The molecule has 4 aromatic rings. The van der Waals surface area contributed by atoms with E-state index in [2.05, 4.69) is 4.98 Å². The Morgan fingerprint density at radius 1 is 1.03 bits per heavy atom.